The molecule has 21 heavy (non-hydrogen) atoms. The van der Waals surface area contributed by atoms with Gasteiger partial charge in [0, 0.05) is 23.8 Å². The maximum atomic E-state index is 4.49. The molecule has 1 aliphatic carbocycles. The number of nitrogens with one attached hydrogen (secondary N) is 1. The second kappa shape index (κ2) is 6.57. The first kappa shape index (κ1) is 14.5. The van der Waals surface area contributed by atoms with Crippen molar-refractivity contribution in [3.8, 4) is 0 Å². The molecule has 0 spiro atoms. The van der Waals surface area contributed by atoms with Crippen molar-refractivity contribution in [2.45, 2.75) is 45.6 Å². The van der Waals surface area contributed by atoms with Gasteiger partial charge in [0.2, 0.25) is 0 Å². The van der Waals surface area contributed by atoms with Crippen LogP contribution in [0.5, 0.6) is 0 Å². The van der Waals surface area contributed by atoms with E-state index in [1.807, 2.05) is 6.20 Å². The number of rotatable bonds is 5. The van der Waals surface area contributed by atoms with Gasteiger partial charge in [-0.25, -0.2) is 0 Å². The maximum Gasteiger partial charge on any atom is 0.0370 e. The first-order chi connectivity index (χ1) is 10.3. The second-order valence-corrected chi connectivity index (χ2v) is 6.56. The molecule has 1 heterocycles. The molecule has 1 fully saturated rings. The van der Waals surface area contributed by atoms with Gasteiger partial charge in [0.05, 0.1) is 0 Å². The molecule has 3 unspecified atom stereocenters. The van der Waals surface area contributed by atoms with Gasteiger partial charge in [-0.1, -0.05) is 44.5 Å². The van der Waals surface area contributed by atoms with E-state index in [2.05, 4.69) is 54.6 Å². The highest BCUT2D eigenvalue weighted by Crippen LogP contribution is 2.40. The minimum Gasteiger partial charge on any atom is -0.310 e. The van der Waals surface area contributed by atoms with Crippen LogP contribution in [0.4, 0.5) is 0 Å². The molecule has 2 nitrogen and oxygen atoms in total. The third kappa shape index (κ3) is 3.11. The molecule has 2 heteroatoms. The lowest BCUT2D eigenvalue weighted by Gasteiger charge is -2.26. The highest BCUT2D eigenvalue weighted by Gasteiger charge is 2.30. The Morgan fingerprint density at radius 1 is 1.24 bits per heavy atom. The van der Waals surface area contributed by atoms with Crippen molar-refractivity contribution in [2.75, 3.05) is 6.54 Å². The SMILES string of the molecule is CCCNC(c1cncc2ccccc12)C1CCC(C)C1. The number of pyridine rings is 1. The summed E-state index contributed by atoms with van der Waals surface area (Å²) < 4.78 is 0. The molecular formula is C19H26N2. The molecule has 1 aromatic heterocycles. The van der Waals surface area contributed by atoms with Crippen LogP contribution in [0.15, 0.2) is 36.7 Å². The van der Waals surface area contributed by atoms with Crippen molar-refractivity contribution in [2.24, 2.45) is 11.8 Å². The first-order valence-electron chi connectivity index (χ1n) is 8.35. The predicted molar refractivity (Wildman–Crippen MR) is 89.3 cm³/mol. The average molecular weight is 282 g/mol. The van der Waals surface area contributed by atoms with Gasteiger partial charge in [-0.2, -0.15) is 0 Å². The fourth-order valence-corrected chi connectivity index (χ4v) is 3.77. The number of nitrogens with zero attached hydrogens (tertiary/aromatic N) is 1. The average Bonchev–Trinajstić information content (AvgIpc) is 2.94. The molecule has 0 amide bonds. The third-order valence-electron chi connectivity index (χ3n) is 4.86. The molecule has 1 aromatic carbocycles. The Balaban J connectivity index is 1.97. The van der Waals surface area contributed by atoms with Crippen LogP contribution in [0, 0.1) is 11.8 Å². The Labute approximate surface area is 128 Å². The first-order valence-corrected chi connectivity index (χ1v) is 8.35. The van der Waals surface area contributed by atoms with E-state index >= 15 is 0 Å². The van der Waals surface area contributed by atoms with Crippen molar-refractivity contribution in [1.82, 2.24) is 10.3 Å². The standard InChI is InChI=1S/C19H26N2/c1-3-10-21-19(15-9-8-14(2)11-15)18-13-20-12-16-6-4-5-7-17(16)18/h4-7,12-15,19,21H,3,8-11H2,1-2H3. The minimum absolute atomic E-state index is 0.452. The summed E-state index contributed by atoms with van der Waals surface area (Å²) in [6, 6.07) is 9.10. The Morgan fingerprint density at radius 2 is 2.10 bits per heavy atom. The molecule has 1 aliphatic rings. The largest absolute Gasteiger partial charge is 0.310 e. The topological polar surface area (TPSA) is 24.9 Å². The summed E-state index contributed by atoms with van der Waals surface area (Å²) >= 11 is 0. The number of aromatic nitrogens is 1. The van der Waals surface area contributed by atoms with Gasteiger partial charge in [0.15, 0.2) is 0 Å². The Hall–Kier alpha value is -1.41. The number of hydrogen-bond donors (Lipinski definition) is 1. The summed E-state index contributed by atoms with van der Waals surface area (Å²) in [6.45, 7) is 5.71. The number of benzene rings is 1. The highest BCUT2D eigenvalue weighted by atomic mass is 14.9. The molecule has 0 saturated heterocycles. The van der Waals surface area contributed by atoms with Crippen molar-refractivity contribution in [3.05, 3.63) is 42.2 Å². The van der Waals surface area contributed by atoms with Crippen LogP contribution in [0.1, 0.15) is 51.1 Å². The van der Waals surface area contributed by atoms with E-state index < -0.39 is 0 Å². The highest BCUT2D eigenvalue weighted by molar-refractivity contribution is 5.85. The van der Waals surface area contributed by atoms with E-state index in [0.29, 0.717) is 6.04 Å². The zero-order valence-electron chi connectivity index (χ0n) is 13.2. The van der Waals surface area contributed by atoms with Crippen LogP contribution in [-0.2, 0) is 0 Å². The van der Waals surface area contributed by atoms with E-state index in [1.54, 1.807) is 0 Å². The molecule has 112 valence electrons. The summed E-state index contributed by atoms with van der Waals surface area (Å²) in [6.07, 6.45) is 9.28. The molecule has 0 aliphatic heterocycles. The lowest BCUT2D eigenvalue weighted by Crippen LogP contribution is -2.28. The lowest BCUT2D eigenvalue weighted by molar-refractivity contribution is 0.360. The van der Waals surface area contributed by atoms with E-state index in [9.17, 15) is 0 Å². The Kier molecular flexibility index (Phi) is 4.54. The molecule has 1 saturated carbocycles. The fourth-order valence-electron chi connectivity index (χ4n) is 3.77. The van der Waals surface area contributed by atoms with Crippen LogP contribution in [-0.4, -0.2) is 11.5 Å². The number of hydrogen-bond acceptors (Lipinski definition) is 2. The molecule has 0 radical (unpaired) electrons. The van der Waals surface area contributed by atoms with Gasteiger partial charge in [0.1, 0.15) is 0 Å². The van der Waals surface area contributed by atoms with Gasteiger partial charge < -0.3 is 5.32 Å². The van der Waals surface area contributed by atoms with E-state index in [-0.39, 0.29) is 0 Å². The van der Waals surface area contributed by atoms with Crippen LogP contribution in [0.3, 0.4) is 0 Å². The van der Waals surface area contributed by atoms with Crippen molar-refractivity contribution < 1.29 is 0 Å². The van der Waals surface area contributed by atoms with Gasteiger partial charge >= 0.3 is 0 Å². The van der Waals surface area contributed by atoms with Crippen LogP contribution < -0.4 is 5.32 Å². The van der Waals surface area contributed by atoms with Crippen LogP contribution >= 0.6 is 0 Å². The summed E-state index contributed by atoms with van der Waals surface area (Å²) in [5.41, 5.74) is 1.39. The summed E-state index contributed by atoms with van der Waals surface area (Å²) in [5.74, 6) is 1.61. The Bertz CT molecular complexity index is 588. The molecule has 3 atom stereocenters. The van der Waals surface area contributed by atoms with Crippen molar-refractivity contribution in [3.63, 3.8) is 0 Å². The monoisotopic (exact) mass is 282 g/mol. The summed E-state index contributed by atoms with van der Waals surface area (Å²) in [5, 5.41) is 6.42. The second-order valence-electron chi connectivity index (χ2n) is 6.56. The zero-order valence-corrected chi connectivity index (χ0v) is 13.2. The smallest absolute Gasteiger partial charge is 0.0370 e. The molecule has 0 bridgehead atoms. The summed E-state index contributed by atoms with van der Waals surface area (Å²) in [7, 11) is 0. The maximum absolute atomic E-state index is 4.49. The quantitative estimate of drug-likeness (QED) is 0.859. The lowest BCUT2D eigenvalue weighted by atomic mass is 9.89. The van der Waals surface area contributed by atoms with Gasteiger partial charge in [-0.05, 0) is 48.6 Å². The van der Waals surface area contributed by atoms with Gasteiger partial charge in [-0.3, -0.25) is 4.98 Å². The molecular weight excluding hydrogens is 256 g/mol. The van der Waals surface area contributed by atoms with Crippen LogP contribution in [0.2, 0.25) is 0 Å². The van der Waals surface area contributed by atoms with Crippen molar-refractivity contribution in [1.29, 1.82) is 0 Å². The van der Waals surface area contributed by atoms with Gasteiger partial charge in [0.25, 0.3) is 0 Å². The van der Waals surface area contributed by atoms with E-state index in [4.69, 9.17) is 0 Å². The predicted octanol–water partition coefficient (Wildman–Crippen LogP) is 4.71. The number of fused-ring (bicyclic) bond motifs is 1. The molecule has 2 aromatic rings. The van der Waals surface area contributed by atoms with Crippen LogP contribution in [0.25, 0.3) is 10.8 Å². The van der Waals surface area contributed by atoms with Gasteiger partial charge in [-0.15, -0.1) is 0 Å². The van der Waals surface area contributed by atoms with E-state index in [1.165, 1.54) is 42.0 Å². The summed E-state index contributed by atoms with van der Waals surface area (Å²) in [4.78, 5) is 4.49. The molecule has 1 N–H and O–H groups in total. The zero-order chi connectivity index (χ0) is 14.7. The Morgan fingerprint density at radius 3 is 2.86 bits per heavy atom. The van der Waals surface area contributed by atoms with E-state index in [0.717, 1.165) is 18.4 Å². The third-order valence-corrected chi connectivity index (χ3v) is 4.86. The minimum atomic E-state index is 0.452. The van der Waals surface area contributed by atoms with Crippen molar-refractivity contribution >= 4 is 10.8 Å². The molecule has 3 rings (SSSR count). The fraction of sp³-hybridized carbons (Fsp3) is 0.526. The normalized spacial score (nSPS) is 23.5.